The first kappa shape index (κ1) is 31.4. The minimum Gasteiger partial charge on any atom is -0.368 e. The minimum absolute atomic E-state index is 0.0593. The highest BCUT2D eigenvalue weighted by atomic mass is 35.5. The maximum absolute atomic E-state index is 14.4. The van der Waals surface area contributed by atoms with Crippen molar-refractivity contribution in [3.05, 3.63) is 81.4 Å². The normalized spacial score (nSPS) is 17.1. The lowest BCUT2D eigenvalue weighted by Gasteiger charge is -2.32. The molecular formula is C33H41ClN2O4. The molecule has 0 saturated carbocycles. The van der Waals surface area contributed by atoms with Gasteiger partial charge in [0.15, 0.2) is 6.29 Å². The molecule has 0 aromatic heterocycles. The monoisotopic (exact) mass is 564 g/mol. The number of hydrogen-bond donors (Lipinski definition) is 3. The molecule has 2 aliphatic rings. The Morgan fingerprint density at radius 3 is 2.50 bits per heavy atom. The summed E-state index contributed by atoms with van der Waals surface area (Å²) >= 11 is 6.36. The Morgan fingerprint density at radius 1 is 1.10 bits per heavy atom. The molecule has 6 nitrogen and oxygen atoms in total. The Labute approximate surface area is 243 Å². The van der Waals surface area contributed by atoms with Crippen LogP contribution in [0.25, 0.3) is 0 Å². The van der Waals surface area contributed by atoms with Crippen LogP contribution in [0.4, 0.5) is 0 Å². The van der Waals surface area contributed by atoms with Gasteiger partial charge in [-0.1, -0.05) is 73.6 Å². The fraction of sp³-hybridized carbons (Fsp3) is 0.455. The number of nitrogens with one attached hydrogen (secondary N) is 1. The molecule has 2 unspecified atom stereocenters. The van der Waals surface area contributed by atoms with Crippen LogP contribution >= 0.6 is 11.6 Å². The third kappa shape index (κ3) is 8.69. The molecule has 1 aliphatic heterocycles. The van der Waals surface area contributed by atoms with Crippen molar-refractivity contribution < 1.29 is 19.8 Å². The van der Waals surface area contributed by atoms with Crippen LogP contribution in [0.5, 0.6) is 0 Å². The second-order valence-corrected chi connectivity index (χ2v) is 10.9. The van der Waals surface area contributed by atoms with Gasteiger partial charge in [0.05, 0.1) is 5.92 Å². The van der Waals surface area contributed by atoms with Gasteiger partial charge in [0, 0.05) is 49.5 Å². The molecule has 0 saturated heterocycles. The molecule has 1 aromatic rings. The smallest absolute Gasteiger partial charge is 0.251 e. The van der Waals surface area contributed by atoms with Crippen molar-refractivity contribution in [1.29, 1.82) is 0 Å². The van der Waals surface area contributed by atoms with Gasteiger partial charge >= 0.3 is 0 Å². The Bertz CT molecular complexity index is 1230. The van der Waals surface area contributed by atoms with Gasteiger partial charge in [-0.25, -0.2) is 0 Å². The van der Waals surface area contributed by atoms with E-state index in [2.05, 4.69) is 37.1 Å². The van der Waals surface area contributed by atoms with E-state index in [0.29, 0.717) is 36.5 Å². The summed E-state index contributed by atoms with van der Waals surface area (Å²) in [4.78, 5) is 28.9. The van der Waals surface area contributed by atoms with Gasteiger partial charge < -0.3 is 20.4 Å². The van der Waals surface area contributed by atoms with Gasteiger partial charge in [0.25, 0.3) is 5.91 Å². The molecular weight excluding hydrogens is 524 g/mol. The van der Waals surface area contributed by atoms with Crippen molar-refractivity contribution >= 4 is 23.4 Å². The number of nitrogens with zero attached hydrogens (tertiary/aromatic N) is 1. The lowest BCUT2D eigenvalue weighted by Crippen LogP contribution is -2.38. The van der Waals surface area contributed by atoms with Crippen molar-refractivity contribution in [2.24, 2.45) is 5.92 Å². The van der Waals surface area contributed by atoms with Gasteiger partial charge in [0.1, 0.15) is 0 Å². The highest BCUT2D eigenvalue weighted by Gasteiger charge is 2.36. The maximum Gasteiger partial charge on any atom is 0.251 e. The number of carbonyl (C=O) groups is 2. The number of benzene rings is 1. The number of carbonyl (C=O) groups excluding carboxylic acids is 2. The molecule has 214 valence electrons. The van der Waals surface area contributed by atoms with Crippen molar-refractivity contribution in [2.45, 2.75) is 71.5 Å². The highest BCUT2D eigenvalue weighted by molar-refractivity contribution is 6.29. The molecule has 3 rings (SSSR count). The summed E-state index contributed by atoms with van der Waals surface area (Å²) in [5.41, 5.74) is 4.82. The Morgan fingerprint density at radius 2 is 1.82 bits per heavy atom. The second-order valence-electron chi connectivity index (χ2n) is 10.4. The summed E-state index contributed by atoms with van der Waals surface area (Å²) in [6, 6.07) is 7.42. The molecule has 2 amide bonds. The van der Waals surface area contributed by atoms with Gasteiger partial charge in [-0.3, -0.25) is 9.59 Å². The highest BCUT2D eigenvalue weighted by Crippen LogP contribution is 2.39. The van der Waals surface area contributed by atoms with Crippen molar-refractivity contribution in [3.8, 4) is 11.8 Å². The minimum atomic E-state index is -1.46. The number of hydrogen-bond acceptors (Lipinski definition) is 4. The molecule has 1 heterocycles. The van der Waals surface area contributed by atoms with E-state index in [1.807, 2.05) is 42.2 Å². The van der Waals surface area contributed by atoms with E-state index in [1.165, 1.54) is 11.1 Å². The predicted molar refractivity (Wildman–Crippen MR) is 160 cm³/mol. The van der Waals surface area contributed by atoms with Crippen molar-refractivity contribution in [2.75, 3.05) is 19.6 Å². The SMILES string of the molecule is CC=CC1=C(C)CN(C(=O)C(C2=CC=C(Cl)CC#CC2)C(CCCC)c2ccc(C(=O)NCCC(O)O)cc2)C1. The van der Waals surface area contributed by atoms with E-state index in [4.69, 9.17) is 21.8 Å². The number of rotatable bonds is 12. The molecule has 7 heteroatoms. The maximum atomic E-state index is 14.4. The molecule has 1 aliphatic carbocycles. The molecule has 0 radical (unpaired) electrons. The topological polar surface area (TPSA) is 89.9 Å². The van der Waals surface area contributed by atoms with Crippen LogP contribution < -0.4 is 5.32 Å². The largest absolute Gasteiger partial charge is 0.368 e. The summed E-state index contributed by atoms with van der Waals surface area (Å²) in [6.07, 6.45) is 10.3. The number of aliphatic hydroxyl groups is 2. The molecule has 0 bridgehead atoms. The van der Waals surface area contributed by atoms with Crippen LogP contribution in [-0.2, 0) is 4.79 Å². The van der Waals surface area contributed by atoms with E-state index < -0.39 is 12.2 Å². The van der Waals surface area contributed by atoms with E-state index >= 15 is 0 Å². The second kappa shape index (κ2) is 15.6. The van der Waals surface area contributed by atoms with Gasteiger partial charge in [0.2, 0.25) is 5.91 Å². The fourth-order valence-electron chi connectivity index (χ4n) is 5.21. The summed E-state index contributed by atoms with van der Waals surface area (Å²) in [6.45, 7) is 7.57. The van der Waals surface area contributed by atoms with Crippen LogP contribution in [0.3, 0.4) is 0 Å². The van der Waals surface area contributed by atoms with Crippen molar-refractivity contribution in [1.82, 2.24) is 10.2 Å². The fourth-order valence-corrected chi connectivity index (χ4v) is 5.34. The number of amides is 2. The summed E-state index contributed by atoms with van der Waals surface area (Å²) in [5.74, 6) is 5.63. The molecule has 3 N–H and O–H groups in total. The first-order valence-electron chi connectivity index (χ1n) is 14.1. The van der Waals surface area contributed by atoms with Crippen LogP contribution in [0.15, 0.2) is 70.3 Å². The van der Waals surface area contributed by atoms with E-state index in [1.54, 1.807) is 12.1 Å². The van der Waals surface area contributed by atoms with Gasteiger partial charge in [-0.2, -0.15) is 0 Å². The van der Waals surface area contributed by atoms with Crippen LogP contribution in [-0.4, -0.2) is 52.9 Å². The summed E-state index contributed by atoms with van der Waals surface area (Å²) < 4.78 is 0. The van der Waals surface area contributed by atoms with E-state index in [0.717, 1.165) is 30.4 Å². The van der Waals surface area contributed by atoms with Crippen LogP contribution in [0, 0.1) is 17.8 Å². The van der Waals surface area contributed by atoms with Crippen LogP contribution in [0.1, 0.15) is 81.1 Å². The predicted octanol–water partition coefficient (Wildman–Crippen LogP) is 5.59. The third-order valence-electron chi connectivity index (χ3n) is 7.40. The lowest BCUT2D eigenvalue weighted by atomic mass is 9.76. The zero-order valence-electron chi connectivity index (χ0n) is 23.8. The number of unbranched alkanes of at least 4 members (excludes halogenated alkanes) is 1. The standard InChI is InChI=1S/C33H41ClN2O4/c1-4-6-12-29(24-13-15-26(16-14-24)32(39)35-20-19-30(37)38)31(25-10-7-8-11-28(34)18-17-25)33(40)36-21-23(3)27(22-36)9-5-2/h5,9,13-18,29-31,37-38H,4,6,10-12,19-22H2,1-3H3,(H,35,39). The quantitative estimate of drug-likeness (QED) is 0.228. The zero-order chi connectivity index (χ0) is 29.1. The van der Waals surface area contributed by atoms with Crippen molar-refractivity contribution in [3.63, 3.8) is 0 Å². The Balaban J connectivity index is 1.97. The Hall–Kier alpha value is -3.11. The molecule has 1 aromatic carbocycles. The van der Waals surface area contributed by atoms with E-state index in [9.17, 15) is 9.59 Å². The average Bonchev–Trinajstić information content (AvgIpc) is 3.29. The van der Waals surface area contributed by atoms with Crippen LogP contribution in [0.2, 0.25) is 0 Å². The molecule has 2 atom stereocenters. The lowest BCUT2D eigenvalue weighted by molar-refractivity contribution is -0.133. The van der Waals surface area contributed by atoms with Gasteiger partial charge in [-0.15, -0.1) is 0 Å². The molecule has 0 spiro atoms. The number of aliphatic hydroxyl groups excluding tert-OH is 1. The summed E-state index contributed by atoms with van der Waals surface area (Å²) in [5, 5.41) is 21.4. The van der Waals surface area contributed by atoms with Gasteiger partial charge in [-0.05, 0) is 66.7 Å². The zero-order valence-corrected chi connectivity index (χ0v) is 24.5. The molecule has 0 fully saturated rings. The summed E-state index contributed by atoms with van der Waals surface area (Å²) in [7, 11) is 0. The van der Waals surface area contributed by atoms with E-state index in [-0.39, 0.29) is 30.7 Å². The number of halogens is 1. The first-order valence-corrected chi connectivity index (χ1v) is 14.5. The number of allylic oxidation sites excluding steroid dienone is 4. The average molecular weight is 565 g/mol. The third-order valence-corrected chi connectivity index (χ3v) is 7.66. The molecule has 40 heavy (non-hydrogen) atoms. The first-order chi connectivity index (χ1) is 19.2. The Kier molecular flexibility index (Phi) is 12.3.